The van der Waals surface area contributed by atoms with Crippen molar-refractivity contribution in [2.75, 3.05) is 0 Å². The average Bonchev–Trinajstić information content (AvgIpc) is 2.38. The average molecular weight is 237 g/mol. The van der Waals surface area contributed by atoms with Crippen molar-refractivity contribution in [3.8, 4) is 0 Å². The molecule has 1 heterocycles. The fourth-order valence-corrected chi connectivity index (χ4v) is 1.30. The number of nitrogens with zero attached hydrogens (tertiary/aromatic N) is 3. The molecule has 17 heavy (non-hydrogen) atoms. The van der Waals surface area contributed by atoms with Crippen LogP contribution in [0, 0.1) is 0 Å². The van der Waals surface area contributed by atoms with Crippen molar-refractivity contribution in [2.45, 2.75) is 25.8 Å². The van der Waals surface area contributed by atoms with Crippen LogP contribution in [-0.4, -0.2) is 33.0 Å². The van der Waals surface area contributed by atoms with Gasteiger partial charge in [0.05, 0.1) is 12.2 Å². The maximum atomic E-state index is 11.7. The monoisotopic (exact) mass is 237 g/mol. The molecule has 7 nitrogen and oxygen atoms in total. The number of oxime groups is 1. The second-order valence-corrected chi connectivity index (χ2v) is 3.43. The Bertz CT molecular complexity index is 393. The molecule has 1 amide bonds. The van der Waals surface area contributed by atoms with E-state index in [0.717, 1.165) is 6.42 Å². The van der Waals surface area contributed by atoms with Crippen molar-refractivity contribution >= 4 is 11.7 Å². The first-order chi connectivity index (χ1) is 8.19. The largest absolute Gasteiger partial charge is 0.409 e. The van der Waals surface area contributed by atoms with Crippen LogP contribution in [0.15, 0.2) is 23.7 Å². The summed E-state index contributed by atoms with van der Waals surface area (Å²) in [6.07, 6.45) is 5.63. The Morgan fingerprint density at radius 2 is 2.41 bits per heavy atom. The lowest BCUT2D eigenvalue weighted by Crippen LogP contribution is -2.44. The van der Waals surface area contributed by atoms with Gasteiger partial charge in [0.2, 0.25) is 0 Å². The van der Waals surface area contributed by atoms with Crippen LogP contribution in [0.25, 0.3) is 0 Å². The molecule has 0 aliphatic carbocycles. The van der Waals surface area contributed by atoms with Gasteiger partial charge in [0.15, 0.2) is 5.84 Å². The maximum Gasteiger partial charge on any atom is 0.272 e. The van der Waals surface area contributed by atoms with Crippen molar-refractivity contribution in [3.63, 3.8) is 0 Å². The quantitative estimate of drug-likeness (QED) is 0.291. The number of nitrogens with two attached hydrogens (primary N) is 1. The van der Waals surface area contributed by atoms with Crippen LogP contribution in [0.1, 0.15) is 30.3 Å². The number of amides is 1. The van der Waals surface area contributed by atoms with Gasteiger partial charge in [0.25, 0.3) is 5.91 Å². The molecule has 0 saturated heterocycles. The van der Waals surface area contributed by atoms with Crippen LogP contribution >= 0.6 is 0 Å². The van der Waals surface area contributed by atoms with Crippen LogP contribution in [0.4, 0.5) is 0 Å². The number of carbonyl (C=O) groups excluding carboxylic acids is 1. The van der Waals surface area contributed by atoms with E-state index in [-0.39, 0.29) is 11.5 Å². The topological polar surface area (TPSA) is 113 Å². The summed E-state index contributed by atoms with van der Waals surface area (Å²) in [5.41, 5.74) is 5.67. The van der Waals surface area contributed by atoms with Crippen molar-refractivity contribution in [2.24, 2.45) is 10.9 Å². The van der Waals surface area contributed by atoms with E-state index in [4.69, 9.17) is 10.9 Å². The van der Waals surface area contributed by atoms with Gasteiger partial charge in [0.1, 0.15) is 5.69 Å². The predicted octanol–water partition coefficient (Wildman–Crippen LogP) is 0.122. The zero-order valence-corrected chi connectivity index (χ0v) is 9.50. The summed E-state index contributed by atoms with van der Waals surface area (Å²) in [4.78, 5) is 19.4. The Hall–Kier alpha value is -2.18. The highest BCUT2D eigenvalue weighted by Crippen LogP contribution is 1.99. The van der Waals surface area contributed by atoms with E-state index in [1.807, 2.05) is 6.92 Å². The number of amidine groups is 1. The minimum Gasteiger partial charge on any atom is -0.409 e. The number of aromatic nitrogens is 2. The first kappa shape index (κ1) is 12.9. The van der Waals surface area contributed by atoms with Crippen molar-refractivity contribution in [3.05, 3.63) is 24.3 Å². The summed E-state index contributed by atoms with van der Waals surface area (Å²) in [5.74, 6) is -0.424. The van der Waals surface area contributed by atoms with Crippen molar-refractivity contribution in [1.29, 1.82) is 0 Å². The van der Waals surface area contributed by atoms with Gasteiger partial charge in [0, 0.05) is 12.4 Å². The summed E-state index contributed by atoms with van der Waals surface area (Å²) < 4.78 is 0. The SMILES string of the molecule is CCCC(NC(=O)c1cnccn1)C(N)=NO. The van der Waals surface area contributed by atoms with E-state index in [1.165, 1.54) is 18.6 Å². The molecule has 0 saturated carbocycles. The molecule has 0 bridgehead atoms. The lowest BCUT2D eigenvalue weighted by atomic mass is 10.1. The highest BCUT2D eigenvalue weighted by atomic mass is 16.4. The molecule has 1 atom stereocenters. The second kappa shape index (κ2) is 6.41. The molecule has 1 rings (SSSR count). The molecule has 92 valence electrons. The second-order valence-electron chi connectivity index (χ2n) is 3.43. The molecule has 0 aliphatic rings. The molecular weight excluding hydrogens is 222 g/mol. The molecule has 0 aromatic carbocycles. The minimum atomic E-state index is -0.500. The van der Waals surface area contributed by atoms with Crippen LogP contribution in [0.5, 0.6) is 0 Å². The molecular formula is C10H15N5O2. The van der Waals surface area contributed by atoms with Crippen LogP contribution in [0.3, 0.4) is 0 Å². The van der Waals surface area contributed by atoms with Gasteiger partial charge in [-0.05, 0) is 6.42 Å². The Labute approximate surface area is 98.8 Å². The Morgan fingerprint density at radius 1 is 1.65 bits per heavy atom. The number of rotatable bonds is 5. The van der Waals surface area contributed by atoms with Crippen LogP contribution in [-0.2, 0) is 0 Å². The normalized spacial score (nSPS) is 13.1. The van der Waals surface area contributed by atoms with Gasteiger partial charge < -0.3 is 16.3 Å². The van der Waals surface area contributed by atoms with E-state index in [0.29, 0.717) is 6.42 Å². The summed E-state index contributed by atoms with van der Waals surface area (Å²) in [7, 11) is 0. The first-order valence-electron chi connectivity index (χ1n) is 5.23. The molecule has 1 aromatic heterocycles. The van der Waals surface area contributed by atoms with Crippen molar-refractivity contribution < 1.29 is 10.0 Å². The van der Waals surface area contributed by atoms with Crippen LogP contribution < -0.4 is 11.1 Å². The predicted molar refractivity (Wildman–Crippen MR) is 61.6 cm³/mol. The van der Waals surface area contributed by atoms with E-state index in [2.05, 4.69) is 20.4 Å². The molecule has 0 aliphatic heterocycles. The van der Waals surface area contributed by atoms with E-state index < -0.39 is 11.9 Å². The minimum absolute atomic E-state index is 0.0240. The molecule has 7 heteroatoms. The number of carbonyl (C=O) groups is 1. The fraction of sp³-hybridized carbons (Fsp3) is 0.400. The highest BCUT2D eigenvalue weighted by Gasteiger charge is 2.17. The first-order valence-corrected chi connectivity index (χ1v) is 5.23. The third kappa shape index (κ3) is 3.71. The standard InChI is InChI=1S/C10H15N5O2/c1-2-3-7(9(11)15-17)14-10(16)8-6-12-4-5-13-8/h4-7,17H,2-3H2,1H3,(H2,11,15)(H,14,16). The van der Waals surface area contributed by atoms with Gasteiger partial charge in [-0.25, -0.2) is 4.98 Å². The van der Waals surface area contributed by atoms with Crippen LogP contribution in [0.2, 0.25) is 0 Å². The Kier molecular flexibility index (Phi) is 4.86. The van der Waals surface area contributed by atoms with Gasteiger partial charge in [-0.1, -0.05) is 18.5 Å². The van der Waals surface area contributed by atoms with E-state index in [9.17, 15) is 4.79 Å². The van der Waals surface area contributed by atoms with Gasteiger partial charge in [-0.3, -0.25) is 9.78 Å². The van der Waals surface area contributed by atoms with Gasteiger partial charge >= 0.3 is 0 Å². The van der Waals surface area contributed by atoms with Gasteiger partial charge in [-0.2, -0.15) is 0 Å². The summed E-state index contributed by atoms with van der Waals surface area (Å²) in [6.45, 7) is 1.94. The smallest absolute Gasteiger partial charge is 0.272 e. The summed E-state index contributed by atoms with van der Waals surface area (Å²) in [5, 5.41) is 14.1. The highest BCUT2D eigenvalue weighted by molar-refractivity contribution is 5.96. The zero-order chi connectivity index (χ0) is 12.7. The lowest BCUT2D eigenvalue weighted by molar-refractivity contribution is 0.0939. The third-order valence-corrected chi connectivity index (χ3v) is 2.15. The molecule has 0 radical (unpaired) electrons. The Morgan fingerprint density at radius 3 is 2.94 bits per heavy atom. The number of hydrogen-bond donors (Lipinski definition) is 3. The molecule has 1 unspecified atom stereocenters. The number of hydrogen-bond acceptors (Lipinski definition) is 5. The van der Waals surface area contributed by atoms with Crippen molar-refractivity contribution in [1.82, 2.24) is 15.3 Å². The summed E-state index contributed by atoms with van der Waals surface area (Å²) >= 11 is 0. The molecule has 0 fully saturated rings. The molecule has 4 N–H and O–H groups in total. The van der Waals surface area contributed by atoms with E-state index in [1.54, 1.807) is 0 Å². The third-order valence-electron chi connectivity index (χ3n) is 2.15. The fourth-order valence-electron chi connectivity index (χ4n) is 1.30. The lowest BCUT2D eigenvalue weighted by Gasteiger charge is -2.15. The molecule has 1 aromatic rings. The summed E-state index contributed by atoms with van der Waals surface area (Å²) in [6, 6.07) is -0.500. The Balaban J connectivity index is 2.71. The maximum absolute atomic E-state index is 11.7. The van der Waals surface area contributed by atoms with E-state index >= 15 is 0 Å². The number of nitrogens with one attached hydrogen (secondary N) is 1. The van der Waals surface area contributed by atoms with Gasteiger partial charge in [-0.15, -0.1) is 0 Å². The molecule has 0 spiro atoms. The zero-order valence-electron chi connectivity index (χ0n) is 9.50.